The fraction of sp³-hybridized carbons (Fsp3) is 0.190. The quantitative estimate of drug-likeness (QED) is 0.508. The van der Waals surface area contributed by atoms with Crippen molar-refractivity contribution in [1.82, 2.24) is 10.6 Å². The molecule has 2 aromatic carbocycles. The highest BCUT2D eigenvalue weighted by atomic mass is 32.2. The summed E-state index contributed by atoms with van der Waals surface area (Å²) in [6, 6.07) is 13.8. The molecule has 0 unspecified atom stereocenters. The third kappa shape index (κ3) is 8.70. The monoisotopic (exact) mass is 445 g/mol. The Labute approximate surface area is 180 Å². The molecule has 0 spiro atoms. The first-order chi connectivity index (χ1) is 14.8. The van der Waals surface area contributed by atoms with Crippen molar-refractivity contribution in [3.05, 3.63) is 71.1 Å². The van der Waals surface area contributed by atoms with Gasteiger partial charge in [-0.05, 0) is 42.3 Å². The number of urea groups is 1. The lowest BCUT2D eigenvalue weighted by Crippen LogP contribution is -2.41. The highest BCUT2D eigenvalue weighted by Gasteiger charge is 2.13. The van der Waals surface area contributed by atoms with Crippen LogP contribution in [0.15, 0.2) is 60.0 Å². The summed E-state index contributed by atoms with van der Waals surface area (Å²) in [6.07, 6.45) is 2.17. The topological polar surface area (TPSA) is 131 Å². The summed E-state index contributed by atoms with van der Waals surface area (Å²) in [6.45, 7) is 1.65. The van der Waals surface area contributed by atoms with Gasteiger partial charge in [0.25, 0.3) is 15.9 Å². The molecule has 0 saturated carbocycles. The molecule has 3 amide bonds. The van der Waals surface area contributed by atoms with Crippen LogP contribution in [0.3, 0.4) is 0 Å². The van der Waals surface area contributed by atoms with Crippen molar-refractivity contribution in [3.8, 4) is 0 Å². The summed E-state index contributed by atoms with van der Waals surface area (Å²) in [5.41, 5.74) is 1.10. The van der Waals surface area contributed by atoms with Crippen LogP contribution in [-0.2, 0) is 19.6 Å². The molecule has 0 aliphatic rings. The number of esters is 1. The Morgan fingerprint density at radius 3 is 2.32 bits per heavy atom. The van der Waals surface area contributed by atoms with E-state index >= 15 is 0 Å². The van der Waals surface area contributed by atoms with E-state index in [0.29, 0.717) is 13.0 Å². The Bertz CT molecular complexity index is 1030. The molecule has 0 fully saturated rings. The summed E-state index contributed by atoms with van der Waals surface area (Å²) >= 11 is 0. The van der Waals surface area contributed by atoms with Gasteiger partial charge in [0.05, 0.1) is 11.0 Å². The first-order valence-electron chi connectivity index (χ1n) is 9.40. The van der Waals surface area contributed by atoms with Crippen LogP contribution in [0.1, 0.15) is 29.3 Å². The Kier molecular flexibility index (Phi) is 8.77. The average molecular weight is 445 g/mol. The minimum absolute atomic E-state index is 0.117. The molecular weight excluding hydrogens is 422 g/mol. The van der Waals surface area contributed by atoms with E-state index in [1.54, 1.807) is 24.3 Å². The summed E-state index contributed by atoms with van der Waals surface area (Å²) < 4.78 is 31.5. The second-order valence-corrected chi connectivity index (χ2v) is 7.88. The maximum Gasteiger partial charge on any atom is 0.338 e. The zero-order valence-electron chi connectivity index (χ0n) is 16.8. The van der Waals surface area contributed by atoms with Gasteiger partial charge in [0.1, 0.15) is 0 Å². The van der Waals surface area contributed by atoms with Crippen molar-refractivity contribution in [1.29, 1.82) is 0 Å². The van der Waals surface area contributed by atoms with Crippen molar-refractivity contribution in [2.75, 3.05) is 17.9 Å². The van der Waals surface area contributed by atoms with Crippen molar-refractivity contribution < 1.29 is 27.5 Å². The van der Waals surface area contributed by atoms with E-state index in [9.17, 15) is 22.8 Å². The number of benzene rings is 2. The molecule has 0 aromatic heterocycles. The van der Waals surface area contributed by atoms with E-state index in [0.717, 1.165) is 11.0 Å². The number of hydrogen-bond acceptors (Lipinski definition) is 6. The fourth-order valence-corrected chi connectivity index (χ4v) is 3.13. The number of nitrogens with one attached hydrogen (secondary N) is 3. The van der Waals surface area contributed by atoms with Crippen LogP contribution in [0.2, 0.25) is 0 Å². The summed E-state index contributed by atoms with van der Waals surface area (Å²) in [5.74, 6) is -1.56. The summed E-state index contributed by atoms with van der Waals surface area (Å²) in [5, 5.41) is 5.53. The van der Waals surface area contributed by atoms with E-state index in [2.05, 4.69) is 10.0 Å². The largest absolute Gasteiger partial charge is 0.452 e. The van der Waals surface area contributed by atoms with Crippen LogP contribution in [0.4, 0.5) is 10.5 Å². The van der Waals surface area contributed by atoms with Gasteiger partial charge >= 0.3 is 12.0 Å². The number of amides is 3. The van der Waals surface area contributed by atoms with Gasteiger partial charge in [-0.15, -0.1) is 0 Å². The maximum atomic E-state index is 12.2. The van der Waals surface area contributed by atoms with Crippen LogP contribution < -0.4 is 15.4 Å². The maximum absolute atomic E-state index is 12.2. The molecule has 0 bridgehead atoms. The second kappa shape index (κ2) is 11.5. The highest BCUT2D eigenvalue weighted by molar-refractivity contribution is 7.95. The number of carbonyl (C=O) groups is 3. The van der Waals surface area contributed by atoms with Gasteiger partial charge in [-0.3, -0.25) is 14.8 Å². The van der Waals surface area contributed by atoms with E-state index in [-0.39, 0.29) is 11.3 Å². The Morgan fingerprint density at radius 1 is 1.00 bits per heavy atom. The molecule has 10 heteroatoms. The summed E-state index contributed by atoms with van der Waals surface area (Å²) in [4.78, 5) is 35.0. The molecular formula is C21H23N3O6S. The number of carbonyl (C=O) groups excluding carboxylic acids is 3. The second-order valence-electron chi connectivity index (χ2n) is 6.32. The van der Waals surface area contributed by atoms with Crippen molar-refractivity contribution in [2.24, 2.45) is 0 Å². The number of sulfonamides is 1. The number of ether oxygens (including phenoxy) is 1. The molecule has 2 aromatic rings. The Balaban J connectivity index is 1.86. The lowest BCUT2D eigenvalue weighted by molar-refractivity contribution is -0.123. The minimum Gasteiger partial charge on any atom is -0.452 e. The third-order valence-corrected chi connectivity index (χ3v) is 4.76. The minimum atomic E-state index is -3.74. The van der Waals surface area contributed by atoms with Gasteiger partial charge in [-0.1, -0.05) is 37.3 Å². The molecule has 0 heterocycles. The van der Waals surface area contributed by atoms with Crippen LogP contribution in [0, 0.1) is 0 Å². The average Bonchev–Trinajstić information content (AvgIpc) is 2.75. The van der Waals surface area contributed by atoms with Gasteiger partial charge < -0.3 is 10.1 Å². The van der Waals surface area contributed by atoms with Crippen LogP contribution in [0.25, 0.3) is 6.08 Å². The Morgan fingerprint density at radius 2 is 1.68 bits per heavy atom. The Hall–Kier alpha value is -3.66. The highest BCUT2D eigenvalue weighted by Crippen LogP contribution is 2.13. The zero-order valence-corrected chi connectivity index (χ0v) is 17.6. The molecule has 0 atom stereocenters. The van der Waals surface area contributed by atoms with Crippen molar-refractivity contribution in [3.63, 3.8) is 0 Å². The molecule has 164 valence electrons. The number of imide groups is 1. The van der Waals surface area contributed by atoms with E-state index in [4.69, 9.17) is 4.74 Å². The van der Waals surface area contributed by atoms with E-state index in [1.807, 2.05) is 18.3 Å². The SMILES string of the molecule is CCCNC(=O)NC(=O)COC(=O)c1ccc(NS(=O)(=O)C=Cc2ccccc2)cc1. The lowest BCUT2D eigenvalue weighted by Gasteiger charge is -2.08. The van der Waals surface area contributed by atoms with Crippen LogP contribution >= 0.6 is 0 Å². The summed E-state index contributed by atoms with van der Waals surface area (Å²) in [7, 11) is -3.74. The number of anilines is 1. The van der Waals surface area contributed by atoms with E-state index in [1.165, 1.54) is 30.3 Å². The smallest absolute Gasteiger partial charge is 0.338 e. The molecule has 0 aliphatic heterocycles. The predicted molar refractivity (Wildman–Crippen MR) is 117 cm³/mol. The fourth-order valence-electron chi connectivity index (χ4n) is 2.26. The molecule has 0 radical (unpaired) electrons. The molecule has 3 N–H and O–H groups in total. The predicted octanol–water partition coefficient (Wildman–Crippen LogP) is 2.49. The van der Waals surface area contributed by atoms with Crippen LogP contribution in [-0.4, -0.2) is 39.5 Å². The molecule has 0 saturated heterocycles. The van der Waals surface area contributed by atoms with Gasteiger partial charge in [0.2, 0.25) is 0 Å². The number of hydrogen-bond donors (Lipinski definition) is 3. The molecule has 2 rings (SSSR count). The third-order valence-electron chi connectivity index (χ3n) is 3.74. The molecule has 31 heavy (non-hydrogen) atoms. The van der Waals surface area contributed by atoms with Crippen molar-refractivity contribution in [2.45, 2.75) is 13.3 Å². The lowest BCUT2D eigenvalue weighted by atomic mass is 10.2. The normalized spacial score (nSPS) is 11.0. The first kappa shape index (κ1) is 23.6. The standard InChI is InChI=1S/C21H23N3O6S/c1-2-13-22-21(27)23-19(25)15-30-20(26)17-8-10-18(11-9-17)24-31(28,29)14-12-16-6-4-3-5-7-16/h3-12,14,24H,2,13,15H2,1H3,(H2,22,23,25,27). The van der Waals surface area contributed by atoms with Gasteiger partial charge in [-0.25, -0.2) is 18.0 Å². The molecule has 9 nitrogen and oxygen atoms in total. The van der Waals surface area contributed by atoms with Gasteiger partial charge in [-0.2, -0.15) is 0 Å². The van der Waals surface area contributed by atoms with Crippen molar-refractivity contribution >= 4 is 39.7 Å². The zero-order chi connectivity index (χ0) is 22.7. The number of rotatable bonds is 9. The van der Waals surface area contributed by atoms with Crippen LogP contribution in [0.5, 0.6) is 0 Å². The molecule has 0 aliphatic carbocycles. The first-order valence-corrected chi connectivity index (χ1v) is 10.9. The van der Waals surface area contributed by atoms with E-state index < -0.39 is 34.5 Å². The van der Waals surface area contributed by atoms with Gasteiger partial charge in [0.15, 0.2) is 6.61 Å². The van der Waals surface area contributed by atoms with Gasteiger partial charge in [0, 0.05) is 12.2 Å².